The summed E-state index contributed by atoms with van der Waals surface area (Å²) in [6, 6.07) is 16.1. The fraction of sp³-hybridized carbons (Fsp3) is 0.345. The number of hydrogen-bond donors (Lipinski definition) is 2. The van der Waals surface area contributed by atoms with E-state index in [0.717, 1.165) is 18.5 Å². The second kappa shape index (κ2) is 9.80. The summed E-state index contributed by atoms with van der Waals surface area (Å²) in [5.74, 6) is -1.79. The number of aromatic carboxylic acids is 1. The van der Waals surface area contributed by atoms with Gasteiger partial charge in [-0.2, -0.15) is 4.31 Å². The predicted octanol–water partition coefficient (Wildman–Crippen LogP) is 5.47. The highest BCUT2D eigenvalue weighted by molar-refractivity contribution is 7.89. The second-order valence-electron chi connectivity index (χ2n) is 10.3. The molecule has 38 heavy (non-hydrogen) atoms. The Hall–Kier alpha value is -3.27. The zero-order chi connectivity index (χ0) is 27.2. The molecular formula is C29H32FN3O4S. The highest BCUT2D eigenvalue weighted by atomic mass is 32.2. The van der Waals surface area contributed by atoms with Gasteiger partial charge in [-0.05, 0) is 66.8 Å². The van der Waals surface area contributed by atoms with Crippen LogP contribution < -0.4 is 10.6 Å². The van der Waals surface area contributed by atoms with Crippen molar-refractivity contribution in [1.82, 2.24) is 4.31 Å². The third-order valence-electron chi connectivity index (χ3n) is 7.74. The van der Waals surface area contributed by atoms with Gasteiger partial charge >= 0.3 is 5.97 Å². The lowest BCUT2D eigenvalue weighted by atomic mass is 9.91. The maximum Gasteiger partial charge on any atom is 0.335 e. The van der Waals surface area contributed by atoms with E-state index in [-0.39, 0.29) is 27.8 Å². The SMILES string of the molecule is CCCCC1CN(c2ccccc2)c2cc(F)c(-c3cc(C(=O)O)ccc3C3(N)CC3)cc2S(=O)(=O)N1C. The van der Waals surface area contributed by atoms with Crippen LogP contribution in [-0.2, 0) is 15.6 Å². The molecule has 5 rings (SSSR count). The van der Waals surface area contributed by atoms with E-state index in [4.69, 9.17) is 5.73 Å². The number of unbranched alkanes of at least 4 members (excludes halogenated alkanes) is 1. The summed E-state index contributed by atoms with van der Waals surface area (Å²) < 4.78 is 45.4. The zero-order valence-electron chi connectivity index (χ0n) is 21.5. The van der Waals surface area contributed by atoms with Gasteiger partial charge in [-0.15, -0.1) is 0 Å². The van der Waals surface area contributed by atoms with E-state index in [0.29, 0.717) is 36.9 Å². The van der Waals surface area contributed by atoms with Crippen LogP contribution in [-0.4, -0.2) is 43.4 Å². The molecule has 1 heterocycles. The Morgan fingerprint density at radius 2 is 1.82 bits per heavy atom. The number of hydrogen-bond acceptors (Lipinski definition) is 5. The average molecular weight is 538 g/mol. The van der Waals surface area contributed by atoms with Gasteiger partial charge in [0, 0.05) is 36.4 Å². The first kappa shape index (κ1) is 26.3. The van der Waals surface area contributed by atoms with Crippen LogP contribution in [0.3, 0.4) is 0 Å². The van der Waals surface area contributed by atoms with Gasteiger partial charge in [0.1, 0.15) is 10.7 Å². The number of nitrogens with two attached hydrogens (primary N) is 1. The van der Waals surface area contributed by atoms with Gasteiger partial charge in [0.05, 0.1) is 11.3 Å². The lowest BCUT2D eigenvalue weighted by Gasteiger charge is -2.29. The van der Waals surface area contributed by atoms with E-state index in [1.54, 1.807) is 13.1 Å². The lowest BCUT2D eigenvalue weighted by Crippen LogP contribution is -2.40. The topological polar surface area (TPSA) is 104 Å². The number of halogens is 1. The van der Waals surface area contributed by atoms with Gasteiger partial charge < -0.3 is 15.7 Å². The summed E-state index contributed by atoms with van der Waals surface area (Å²) in [5, 5.41) is 9.61. The zero-order valence-corrected chi connectivity index (χ0v) is 22.3. The third kappa shape index (κ3) is 4.59. The van der Waals surface area contributed by atoms with Gasteiger partial charge in [0.25, 0.3) is 0 Å². The van der Waals surface area contributed by atoms with Crippen molar-refractivity contribution >= 4 is 27.4 Å². The highest BCUT2D eigenvalue weighted by Crippen LogP contribution is 2.48. The Morgan fingerprint density at radius 3 is 2.45 bits per heavy atom. The van der Waals surface area contributed by atoms with E-state index >= 15 is 4.39 Å². The van der Waals surface area contributed by atoms with Crippen molar-refractivity contribution < 1.29 is 22.7 Å². The Labute approximate surface area is 222 Å². The van der Waals surface area contributed by atoms with Crippen LogP contribution in [0.2, 0.25) is 0 Å². The van der Waals surface area contributed by atoms with E-state index < -0.39 is 27.3 Å². The predicted molar refractivity (Wildman–Crippen MR) is 146 cm³/mol. The van der Waals surface area contributed by atoms with Crippen LogP contribution in [0.4, 0.5) is 15.8 Å². The van der Waals surface area contributed by atoms with Gasteiger partial charge in [-0.3, -0.25) is 0 Å². The first-order valence-corrected chi connectivity index (χ1v) is 14.3. The highest BCUT2D eigenvalue weighted by Gasteiger charge is 2.43. The number of carboxylic acids is 1. The van der Waals surface area contributed by atoms with Gasteiger partial charge in [0.15, 0.2) is 0 Å². The molecule has 1 saturated carbocycles. The molecule has 7 nitrogen and oxygen atoms in total. The minimum atomic E-state index is -4.01. The van der Waals surface area contributed by atoms with E-state index in [9.17, 15) is 18.3 Å². The molecule has 9 heteroatoms. The van der Waals surface area contributed by atoms with E-state index in [1.165, 1.54) is 28.6 Å². The summed E-state index contributed by atoms with van der Waals surface area (Å²) in [7, 11) is -2.43. The molecule has 1 unspecified atom stereocenters. The smallest absolute Gasteiger partial charge is 0.335 e. The lowest BCUT2D eigenvalue weighted by molar-refractivity contribution is 0.0697. The van der Waals surface area contributed by atoms with Crippen molar-refractivity contribution in [3.8, 4) is 11.1 Å². The van der Waals surface area contributed by atoms with Crippen LogP contribution in [0, 0.1) is 5.82 Å². The van der Waals surface area contributed by atoms with Crippen LogP contribution >= 0.6 is 0 Å². The minimum absolute atomic E-state index is 0.0205. The summed E-state index contributed by atoms with van der Waals surface area (Å²) in [6.07, 6.45) is 3.80. The Kier molecular flexibility index (Phi) is 6.79. The molecule has 1 fully saturated rings. The Morgan fingerprint density at radius 1 is 1.11 bits per heavy atom. The Balaban J connectivity index is 1.75. The van der Waals surface area contributed by atoms with Crippen LogP contribution in [0.5, 0.6) is 0 Å². The summed E-state index contributed by atoms with van der Waals surface area (Å²) >= 11 is 0. The van der Waals surface area contributed by atoms with Crippen molar-refractivity contribution in [2.75, 3.05) is 18.5 Å². The first-order valence-electron chi connectivity index (χ1n) is 12.9. The molecule has 1 aliphatic heterocycles. The fourth-order valence-electron chi connectivity index (χ4n) is 5.25. The van der Waals surface area contributed by atoms with Crippen molar-refractivity contribution in [1.29, 1.82) is 0 Å². The van der Waals surface area contributed by atoms with Crippen molar-refractivity contribution in [3.63, 3.8) is 0 Å². The second-order valence-corrected chi connectivity index (χ2v) is 12.3. The van der Waals surface area contributed by atoms with Crippen LogP contribution in [0.25, 0.3) is 11.1 Å². The number of carboxylic acid groups (broad SMARTS) is 1. The molecule has 0 spiro atoms. The molecule has 0 radical (unpaired) electrons. The molecule has 1 aliphatic carbocycles. The summed E-state index contributed by atoms with van der Waals surface area (Å²) in [5.41, 5.74) is 7.73. The maximum absolute atomic E-state index is 16.0. The van der Waals surface area contributed by atoms with Crippen molar-refractivity contribution in [2.24, 2.45) is 5.73 Å². The molecule has 0 saturated heterocycles. The number of anilines is 2. The molecule has 200 valence electrons. The Bertz CT molecular complexity index is 1490. The number of sulfonamides is 1. The van der Waals surface area contributed by atoms with Crippen LogP contribution in [0.1, 0.15) is 54.9 Å². The first-order chi connectivity index (χ1) is 18.1. The molecule has 0 aromatic heterocycles. The summed E-state index contributed by atoms with van der Waals surface area (Å²) in [6.45, 7) is 2.43. The summed E-state index contributed by atoms with van der Waals surface area (Å²) in [4.78, 5) is 13.6. The van der Waals surface area contributed by atoms with E-state index in [2.05, 4.69) is 6.92 Å². The number of rotatable bonds is 7. The van der Waals surface area contributed by atoms with Gasteiger partial charge in [0.2, 0.25) is 10.0 Å². The third-order valence-corrected chi connectivity index (χ3v) is 9.68. The number of carbonyl (C=O) groups is 1. The largest absolute Gasteiger partial charge is 0.478 e. The monoisotopic (exact) mass is 537 g/mol. The standard InChI is InChI=1S/C29H32FN3O4S/c1-3-4-8-21-18-33(20-9-6-5-7-10-20)26-17-25(30)23(16-27(26)38(36,37)32(21)2)22-15-19(28(34)35)11-12-24(22)29(31)13-14-29/h5-7,9-12,15-17,21H,3-4,8,13-14,18,31H2,1-2H3,(H,34,35). The van der Waals surface area contributed by atoms with Crippen LogP contribution in [0.15, 0.2) is 65.6 Å². The average Bonchev–Trinajstić information content (AvgIpc) is 3.67. The van der Waals surface area contributed by atoms with Crippen molar-refractivity contribution in [2.45, 2.75) is 55.5 Å². The molecule has 3 aromatic rings. The number of benzene rings is 3. The number of para-hydroxylation sites is 1. The molecular weight excluding hydrogens is 505 g/mol. The fourth-order valence-corrected chi connectivity index (χ4v) is 6.82. The normalized spacial score (nSPS) is 20.0. The molecule has 2 aliphatic rings. The molecule has 1 atom stereocenters. The van der Waals surface area contributed by atoms with Crippen molar-refractivity contribution in [3.05, 3.63) is 77.6 Å². The number of nitrogens with zero attached hydrogens (tertiary/aromatic N) is 2. The maximum atomic E-state index is 16.0. The van der Waals surface area contributed by atoms with E-state index in [1.807, 2.05) is 35.2 Å². The molecule has 3 aromatic carbocycles. The molecule has 3 N–H and O–H groups in total. The molecule has 0 amide bonds. The minimum Gasteiger partial charge on any atom is -0.478 e. The van der Waals surface area contributed by atoms with Gasteiger partial charge in [-0.25, -0.2) is 17.6 Å². The quantitative estimate of drug-likeness (QED) is 0.414. The van der Waals surface area contributed by atoms with Gasteiger partial charge in [-0.1, -0.05) is 44.0 Å². The number of fused-ring (bicyclic) bond motifs is 1. The number of likely N-dealkylation sites (N-methyl/N-ethyl adjacent to an activating group) is 1. The molecule has 0 bridgehead atoms.